The number of carbonyl (C=O) groups excluding carboxylic acids is 1. The minimum absolute atomic E-state index is 0.102. The molecule has 0 aromatic heterocycles. The Hall–Kier alpha value is -4.28. The average Bonchev–Trinajstić information content (AvgIpc) is 2.83. The third-order valence-corrected chi connectivity index (χ3v) is 4.90. The van der Waals surface area contributed by atoms with Gasteiger partial charge in [0.15, 0.2) is 11.5 Å². The molecule has 0 aliphatic rings. The van der Waals surface area contributed by atoms with E-state index in [0.29, 0.717) is 29.4 Å². The number of nitriles is 1. The molecule has 3 aromatic rings. The summed E-state index contributed by atoms with van der Waals surface area (Å²) in [5, 5.41) is 21.4. The second-order valence-corrected chi connectivity index (χ2v) is 7.45. The molecule has 0 spiro atoms. The maximum atomic E-state index is 12.5. The zero-order valence-electron chi connectivity index (χ0n) is 18.2. The molecule has 0 unspecified atom stereocenters. The number of hydrogen-bond acceptors (Lipinski definition) is 5. The van der Waals surface area contributed by atoms with E-state index >= 15 is 0 Å². The van der Waals surface area contributed by atoms with E-state index in [1.54, 1.807) is 55.5 Å². The van der Waals surface area contributed by atoms with E-state index in [0.717, 1.165) is 5.56 Å². The van der Waals surface area contributed by atoms with Crippen LogP contribution in [0.15, 0.2) is 72.3 Å². The smallest absolute Gasteiger partial charge is 0.335 e. The summed E-state index contributed by atoms with van der Waals surface area (Å²) in [5.74, 6) is -0.903. The first-order chi connectivity index (χ1) is 16.4. The van der Waals surface area contributed by atoms with Gasteiger partial charge >= 0.3 is 5.97 Å². The Bertz CT molecular complexity index is 1250. The van der Waals surface area contributed by atoms with Crippen molar-refractivity contribution in [1.82, 2.24) is 0 Å². The number of para-hydroxylation sites is 1. The van der Waals surface area contributed by atoms with E-state index in [2.05, 4.69) is 5.32 Å². The zero-order chi connectivity index (χ0) is 24.5. The van der Waals surface area contributed by atoms with Gasteiger partial charge in [0, 0.05) is 5.69 Å². The van der Waals surface area contributed by atoms with Crippen LogP contribution < -0.4 is 14.8 Å². The van der Waals surface area contributed by atoms with E-state index in [4.69, 9.17) is 26.2 Å². The van der Waals surface area contributed by atoms with Crippen molar-refractivity contribution in [2.24, 2.45) is 0 Å². The molecular weight excluding hydrogens is 456 g/mol. The number of amides is 1. The van der Waals surface area contributed by atoms with Gasteiger partial charge in [-0.25, -0.2) is 4.79 Å². The highest BCUT2D eigenvalue weighted by Gasteiger charge is 2.15. The number of halogens is 1. The van der Waals surface area contributed by atoms with Crippen LogP contribution in [0.2, 0.25) is 5.02 Å². The van der Waals surface area contributed by atoms with Gasteiger partial charge in [0.05, 0.1) is 17.2 Å². The minimum Gasteiger partial charge on any atom is -0.490 e. The van der Waals surface area contributed by atoms with Crippen molar-refractivity contribution >= 4 is 35.2 Å². The summed E-state index contributed by atoms with van der Waals surface area (Å²) in [6.07, 6.45) is 1.42. The second-order valence-electron chi connectivity index (χ2n) is 7.04. The number of ether oxygens (including phenoxy) is 2. The third-order valence-electron chi connectivity index (χ3n) is 4.62. The fraction of sp³-hybridized carbons (Fsp3) is 0.115. The molecule has 0 aliphatic heterocycles. The molecule has 172 valence electrons. The predicted octanol–water partition coefficient (Wildman–Crippen LogP) is 5.56. The molecule has 7 nitrogen and oxygen atoms in total. The van der Waals surface area contributed by atoms with Gasteiger partial charge in [0.1, 0.15) is 18.2 Å². The lowest BCUT2D eigenvalue weighted by molar-refractivity contribution is -0.112. The molecule has 2 N–H and O–H groups in total. The van der Waals surface area contributed by atoms with Gasteiger partial charge in [-0.2, -0.15) is 5.26 Å². The van der Waals surface area contributed by atoms with Crippen molar-refractivity contribution in [3.8, 4) is 17.6 Å². The number of rotatable bonds is 9. The van der Waals surface area contributed by atoms with E-state index in [1.165, 1.54) is 18.2 Å². The standard InChI is InChI=1S/C26H21ClN2O5/c1-2-33-23-14-18(12-20(15-28)25(30)29-21-6-4-3-5-7-21)13-22(27)24(23)34-16-17-8-10-19(11-9-17)26(31)32/h3-14H,2,16H2,1H3,(H,29,30)(H,31,32)/b20-12+. The number of carbonyl (C=O) groups is 2. The lowest BCUT2D eigenvalue weighted by Gasteiger charge is -2.15. The topological polar surface area (TPSA) is 109 Å². The Balaban J connectivity index is 1.82. The maximum absolute atomic E-state index is 12.5. The molecule has 0 saturated heterocycles. The highest BCUT2D eigenvalue weighted by Crippen LogP contribution is 2.38. The molecule has 3 aromatic carbocycles. The highest BCUT2D eigenvalue weighted by molar-refractivity contribution is 6.32. The summed E-state index contributed by atoms with van der Waals surface area (Å²) in [7, 11) is 0. The van der Waals surface area contributed by atoms with Gasteiger partial charge in [-0.05, 0) is 60.5 Å². The van der Waals surface area contributed by atoms with Gasteiger partial charge < -0.3 is 19.9 Å². The lowest BCUT2D eigenvalue weighted by atomic mass is 10.1. The first kappa shape index (κ1) is 24.4. The number of nitrogens with one attached hydrogen (secondary N) is 1. The Morgan fingerprint density at radius 3 is 2.41 bits per heavy atom. The van der Waals surface area contributed by atoms with Crippen LogP contribution in [0, 0.1) is 11.3 Å². The Morgan fingerprint density at radius 2 is 1.79 bits per heavy atom. The van der Waals surface area contributed by atoms with Crippen molar-refractivity contribution in [3.63, 3.8) is 0 Å². The van der Waals surface area contributed by atoms with Crippen LogP contribution in [-0.2, 0) is 11.4 Å². The van der Waals surface area contributed by atoms with Gasteiger partial charge in [0.2, 0.25) is 0 Å². The van der Waals surface area contributed by atoms with E-state index < -0.39 is 11.9 Å². The summed E-state index contributed by atoms with van der Waals surface area (Å²) in [5.41, 5.74) is 1.89. The number of nitrogens with zero attached hydrogens (tertiary/aromatic N) is 1. The van der Waals surface area contributed by atoms with Crippen LogP contribution in [0.25, 0.3) is 6.08 Å². The maximum Gasteiger partial charge on any atom is 0.335 e. The molecule has 0 atom stereocenters. The van der Waals surface area contributed by atoms with E-state index in [1.807, 2.05) is 12.1 Å². The second kappa shape index (κ2) is 11.5. The molecule has 0 radical (unpaired) electrons. The van der Waals surface area contributed by atoms with Gasteiger partial charge in [0.25, 0.3) is 5.91 Å². The average molecular weight is 477 g/mol. The molecule has 34 heavy (non-hydrogen) atoms. The van der Waals surface area contributed by atoms with E-state index in [9.17, 15) is 14.9 Å². The largest absolute Gasteiger partial charge is 0.490 e. The molecule has 3 rings (SSSR count). The number of anilines is 1. The summed E-state index contributed by atoms with van der Waals surface area (Å²) in [6.45, 7) is 2.28. The van der Waals surface area contributed by atoms with Crippen molar-refractivity contribution in [3.05, 3.63) is 94.0 Å². The van der Waals surface area contributed by atoms with E-state index in [-0.39, 0.29) is 22.8 Å². The molecule has 0 fully saturated rings. The monoisotopic (exact) mass is 476 g/mol. The first-order valence-corrected chi connectivity index (χ1v) is 10.7. The van der Waals surface area contributed by atoms with Gasteiger partial charge in [-0.15, -0.1) is 0 Å². The minimum atomic E-state index is -1.01. The van der Waals surface area contributed by atoms with Crippen LogP contribution in [0.5, 0.6) is 11.5 Å². The summed E-state index contributed by atoms with van der Waals surface area (Å²) >= 11 is 6.44. The summed E-state index contributed by atoms with van der Waals surface area (Å²) in [6, 6.07) is 20.2. The summed E-state index contributed by atoms with van der Waals surface area (Å²) < 4.78 is 11.5. The van der Waals surface area contributed by atoms with Gasteiger partial charge in [-0.3, -0.25) is 4.79 Å². The van der Waals surface area contributed by atoms with Crippen LogP contribution in [0.3, 0.4) is 0 Å². The Kier molecular flexibility index (Phi) is 8.27. The summed E-state index contributed by atoms with van der Waals surface area (Å²) in [4.78, 5) is 23.5. The molecule has 0 bridgehead atoms. The number of carboxylic acids is 1. The molecule has 1 amide bonds. The Labute approximate surface area is 201 Å². The molecule has 0 saturated carbocycles. The lowest BCUT2D eigenvalue weighted by Crippen LogP contribution is -2.13. The number of aromatic carboxylic acids is 1. The van der Waals surface area contributed by atoms with Crippen molar-refractivity contribution in [2.75, 3.05) is 11.9 Å². The fourth-order valence-electron chi connectivity index (χ4n) is 3.01. The number of carboxylic acid groups (broad SMARTS) is 1. The van der Waals surface area contributed by atoms with Crippen LogP contribution in [0.1, 0.15) is 28.4 Å². The fourth-order valence-corrected chi connectivity index (χ4v) is 3.28. The quantitative estimate of drug-likeness (QED) is 0.309. The first-order valence-electron chi connectivity index (χ1n) is 10.3. The Morgan fingerprint density at radius 1 is 1.09 bits per heavy atom. The number of benzene rings is 3. The van der Waals surface area contributed by atoms with Gasteiger partial charge in [-0.1, -0.05) is 41.9 Å². The molecule has 0 heterocycles. The van der Waals surface area contributed by atoms with Crippen LogP contribution in [-0.4, -0.2) is 23.6 Å². The molecule has 8 heteroatoms. The zero-order valence-corrected chi connectivity index (χ0v) is 19.0. The number of hydrogen-bond donors (Lipinski definition) is 2. The molecule has 0 aliphatic carbocycles. The SMILES string of the molecule is CCOc1cc(/C=C(\C#N)C(=O)Nc2ccccc2)cc(Cl)c1OCc1ccc(C(=O)O)cc1. The normalized spacial score (nSPS) is 10.8. The van der Waals surface area contributed by atoms with Crippen LogP contribution in [0.4, 0.5) is 5.69 Å². The third kappa shape index (κ3) is 6.37. The van der Waals surface area contributed by atoms with Crippen molar-refractivity contribution in [2.45, 2.75) is 13.5 Å². The predicted molar refractivity (Wildman–Crippen MR) is 129 cm³/mol. The van der Waals surface area contributed by atoms with Crippen molar-refractivity contribution < 1.29 is 24.2 Å². The van der Waals surface area contributed by atoms with Crippen LogP contribution >= 0.6 is 11.6 Å². The van der Waals surface area contributed by atoms with Crippen molar-refractivity contribution in [1.29, 1.82) is 5.26 Å². The highest BCUT2D eigenvalue weighted by atomic mass is 35.5. The molecular formula is C26H21ClN2O5.